The van der Waals surface area contributed by atoms with E-state index in [0.29, 0.717) is 26.4 Å². The molecule has 0 saturated carbocycles. The second kappa shape index (κ2) is 8.94. The number of allylic oxidation sites excluding steroid dienone is 1. The number of aliphatic imine (C=N–C) groups is 2. The zero-order valence-electron chi connectivity index (χ0n) is 18.6. The smallest absolute Gasteiger partial charge is 0.219 e. The van der Waals surface area contributed by atoms with Crippen LogP contribution in [0.4, 0.5) is 0 Å². The highest BCUT2D eigenvalue weighted by Gasteiger charge is 2.39. The number of amidine groups is 1. The van der Waals surface area contributed by atoms with Gasteiger partial charge in [-0.3, -0.25) is 9.79 Å². The molecule has 0 fully saturated rings. The van der Waals surface area contributed by atoms with Crippen molar-refractivity contribution in [1.29, 1.82) is 0 Å². The number of primary amides is 1. The summed E-state index contributed by atoms with van der Waals surface area (Å²) < 4.78 is 11.6. The lowest BCUT2D eigenvalue weighted by Gasteiger charge is -2.43. The van der Waals surface area contributed by atoms with E-state index in [-0.39, 0.29) is 24.2 Å². The van der Waals surface area contributed by atoms with E-state index in [1.54, 1.807) is 11.8 Å². The molecule has 2 unspecified atom stereocenters. The normalized spacial score (nSPS) is 22.6. The van der Waals surface area contributed by atoms with Crippen molar-refractivity contribution in [3.63, 3.8) is 0 Å². The van der Waals surface area contributed by atoms with Crippen LogP contribution < -0.4 is 15.2 Å². The Balaban J connectivity index is 1.75. The molecule has 0 saturated heterocycles. The number of carbonyl (C=O) groups excluding carboxylic acids is 1. The van der Waals surface area contributed by atoms with Gasteiger partial charge in [-0.05, 0) is 49.5 Å². The lowest BCUT2D eigenvalue weighted by molar-refractivity contribution is -0.118. The molecule has 2 N–H and O–H groups in total. The molecule has 166 valence electrons. The molecule has 7 nitrogen and oxygen atoms in total. The van der Waals surface area contributed by atoms with E-state index in [1.165, 1.54) is 11.1 Å². The largest absolute Gasteiger partial charge is 0.486 e. The van der Waals surface area contributed by atoms with Crippen LogP contribution in [0.3, 0.4) is 0 Å². The first-order chi connectivity index (χ1) is 14.9. The molecule has 4 rings (SSSR count). The Hall–Kier alpha value is -2.48. The number of carbonyl (C=O) groups is 1. The third-order valence-corrected chi connectivity index (χ3v) is 7.55. The molecular formula is C23H30N4O3S. The van der Waals surface area contributed by atoms with Gasteiger partial charge in [0.2, 0.25) is 5.91 Å². The highest BCUT2D eigenvalue weighted by atomic mass is 32.2. The molecule has 3 heterocycles. The summed E-state index contributed by atoms with van der Waals surface area (Å²) in [6, 6.07) is 4.17. The molecule has 3 aliphatic rings. The van der Waals surface area contributed by atoms with E-state index < -0.39 is 0 Å². The number of thioether (sulfide) groups is 1. The third kappa shape index (κ3) is 4.18. The standard InChI is InChI=1S/C23H30N4O3S/c1-5-16-10-17-18(30-9-8-29-17)11-19(16)31-23-14(3)13(2)21-15(4)25-12-26-22(21)27(23)7-6-20(24)28/h10-11,13,21H,5-9,12H2,1-4H3,(H2,24,28). The van der Waals surface area contributed by atoms with Crippen LogP contribution in [0.15, 0.2) is 37.6 Å². The second-order valence-corrected chi connectivity index (χ2v) is 9.17. The molecule has 1 amide bonds. The predicted octanol–water partition coefficient (Wildman–Crippen LogP) is 3.62. The Labute approximate surface area is 187 Å². The molecule has 0 spiro atoms. The third-order valence-electron chi connectivity index (χ3n) is 6.22. The maximum atomic E-state index is 11.6. The first-order valence-corrected chi connectivity index (χ1v) is 11.6. The van der Waals surface area contributed by atoms with Gasteiger partial charge in [0.25, 0.3) is 0 Å². The van der Waals surface area contributed by atoms with E-state index in [2.05, 4.69) is 49.7 Å². The summed E-state index contributed by atoms with van der Waals surface area (Å²) in [5.74, 6) is 2.68. The van der Waals surface area contributed by atoms with Crippen molar-refractivity contribution in [2.45, 2.75) is 45.4 Å². The minimum absolute atomic E-state index is 0.136. The summed E-state index contributed by atoms with van der Waals surface area (Å²) >= 11 is 1.71. The van der Waals surface area contributed by atoms with Crippen LogP contribution in [-0.2, 0) is 11.2 Å². The lowest BCUT2D eigenvalue weighted by atomic mass is 9.81. The van der Waals surface area contributed by atoms with E-state index in [9.17, 15) is 4.79 Å². The van der Waals surface area contributed by atoms with Gasteiger partial charge in [0.15, 0.2) is 11.5 Å². The van der Waals surface area contributed by atoms with Gasteiger partial charge in [0, 0.05) is 23.6 Å². The SMILES string of the molecule is CCc1cc2c(cc1SC1=C(C)C(C)C3C(C)=NCN=C3N1CCC(N)=O)OCCO2. The highest BCUT2D eigenvalue weighted by molar-refractivity contribution is 8.03. The monoisotopic (exact) mass is 442 g/mol. The number of rotatable bonds is 6. The second-order valence-electron chi connectivity index (χ2n) is 8.14. The fourth-order valence-corrected chi connectivity index (χ4v) is 5.72. The van der Waals surface area contributed by atoms with Crippen LogP contribution in [-0.4, -0.2) is 48.8 Å². The molecule has 2 atom stereocenters. The molecule has 8 heteroatoms. The fourth-order valence-electron chi connectivity index (χ4n) is 4.36. The van der Waals surface area contributed by atoms with Crippen LogP contribution in [0.25, 0.3) is 0 Å². The van der Waals surface area contributed by atoms with Crippen molar-refractivity contribution in [2.24, 2.45) is 27.6 Å². The zero-order chi connectivity index (χ0) is 22.1. The van der Waals surface area contributed by atoms with E-state index in [1.807, 2.05) is 0 Å². The number of nitrogens with zero attached hydrogens (tertiary/aromatic N) is 3. The molecule has 3 aliphatic heterocycles. The van der Waals surface area contributed by atoms with Gasteiger partial charge < -0.3 is 20.1 Å². The fraction of sp³-hybridized carbons (Fsp3) is 0.522. The van der Waals surface area contributed by atoms with Gasteiger partial charge in [-0.15, -0.1) is 0 Å². The Bertz CT molecular complexity index is 985. The van der Waals surface area contributed by atoms with Gasteiger partial charge in [-0.1, -0.05) is 25.6 Å². The number of fused-ring (bicyclic) bond motifs is 2. The van der Waals surface area contributed by atoms with Crippen molar-refractivity contribution in [3.05, 3.63) is 28.3 Å². The topological polar surface area (TPSA) is 89.5 Å². The number of nitrogens with two attached hydrogens (primary N) is 1. The first-order valence-electron chi connectivity index (χ1n) is 10.8. The van der Waals surface area contributed by atoms with Crippen molar-refractivity contribution in [1.82, 2.24) is 4.90 Å². The maximum absolute atomic E-state index is 11.6. The lowest BCUT2D eigenvalue weighted by Crippen LogP contribution is -2.48. The Morgan fingerprint density at radius 2 is 1.94 bits per heavy atom. The number of benzene rings is 1. The molecule has 0 aromatic heterocycles. The van der Waals surface area contributed by atoms with Crippen molar-refractivity contribution >= 4 is 29.2 Å². The number of hydrogen-bond donors (Lipinski definition) is 1. The highest BCUT2D eigenvalue weighted by Crippen LogP contribution is 2.46. The summed E-state index contributed by atoms with van der Waals surface area (Å²) in [5, 5.41) is 1.12. The van der Waals surface area contributed by atoms with Gasteiger partial charge in [0.1, 0.15) is 25.7 Å². The predicted molar refractivity (Wildman–Crippen MR) is 124 cm³/mol. The summed E-state index contributed by atoms with van der Waals surface area (Å²) in [6.45, 7) is 10.7. The van der Waals surface area contributed by atoms with Crippen molar-refractivity contribution in [2.75, 3.05) is 26.4 Å². The first kappa shape index (κ1) is 21.7. The molecule has 0 radical (unpaired) electrons. The number of aryl methyl sites for hydroxylation is 1. The summed E-state index contributed by atoms with van der Waals surface area (Å²) in [4.78, 5) is 24.3. The van der Waals surface area contributed by atoms with Crippen LogP contribution in [0.1, 0.15) is 39.7 Å². The maximum Gasteiger partial charge on any atom is 0.219 e. The molecule has 31 heavy (non-hydrogen) atoms. The van der Waals surface area contributed by atoms with E-state index in [4.69, 9.17) is 20.2 Å². The van der Waals surface area contributed by atoms with Crippen molar-refractivity contribution < 1.29 is 14.3 Å². The number of amides is 1. The average molecular weight is 443 g/mol. The molecule has 1 aromatic rings. The summed E-state index contributed by atoms with van der Waals surface area (Å²) in [6.07, 6.45) is 1.16. The molecule has 0 bridgehead atoms. The Kier molecular flexibility index (Phi) is 6.27. The van der Waals surface area contributed by atoms with E-state index >= 15 is 0 Å². The van der Waals surface area contributed by atoms with Gasteiger partial charge in [-0.25, -0.2) is 4.99 Å². The quantitative estimate of drug-likeness (QED) is 0.727. The zero-order valence-corrected chi connectivity index (χ0v) is 19.4. The molecule has 1 aromatic carbocycles. The molecule has 0 aliphatic carbocycles. The molecular weight excluding hydrogens is 412 g/mol. The van der Waals surface area contributed by atoms with Gasteiger partial charge in [-0.2, -0.15) is 0 Å². The Morgan fingerprint density at radius 3 is 2.61 bits per heavy atom. The number of ether oxygens (including phenoxy) is 2. The van der Waals surface area contributed by atoms with Gasteiger partial charge in [0.05, 0.1) is 10.9 Å². The van der Waals surface area contributed by atoms with E-state index in [0.717, 1.165) is 39.4 Å². The van der Waals surface area contributed by atoms with Crippen molar-refractivity contribution in [3.8, 4) is 11.5 Å². The summed E-state index contributed by atoms with van der Waals surface area (Å²) in [7, 11) is 0. The van der Waals surface area contributed by atoms with Crippen LogP contribution in [0.2, 0.25) is 0 Å². The Morgan fingerprint density at radius 1 is 1.23 bits per heavy atom. The van der Waals surface area contributed by atoms with Crippen LogP contribution in [0, 0.1) is 11.8 Å². The average Bonchev–Trinajstić information content (AvgIpc) is 2.76. The summed E-state index contributed by atoms with van der Waals surface area (Å²) in [5.41, 5.74) is 9.08. The van der Waals surface area contributed by atoms with Crippen LogP contribution >= 0.6 is 11.8 Å². The van der Waals surface area contributed by atoms with Crippen LogP contribution in [0.5, 0.6) is 11.5 Å². The number of hydrogen-bond acceptors (Lipinski definition) is 7. The van der Waals surface area contributed by atoms with Gasteiger partial charge >= 0.3 is 0 Å². The minimum atomic E-state index is -0.312. The minimum Gasteiger partial charge on any atom is -0.486 e.